The van der Waals surface area contributed by atoms with E-state index in [2.05, 4.69) is 9.97 Å². The molecule has 0 amide bonds. The van der Waals surface area contributed by atoms with E-state index in [1.165, 1.54) is 6.26 Å². The largest absolute Gasteiger partial charge is 0.329 e. The summed E-state index contributed by atoms with van der Waals surface area (Å²) in [7, 11) is -3.21. The first kappa shape index (κ1) is 14.0. The SMILES string of the molecule is Cc1cnc2c(c1)[nH]c(=S)n2-c1ccc(S(C)(=O)=O)cc1. The minimum absolute atomic E-state index is 0.279. The molecule has 108 valence electrons. The molecule has 0 aliphatic rings. The van der Waals surface area contributed by atoms with Gasteiger partial charge in [-0.15, -0.1) is 0 Å². The van der Waals surface area contributed by atoms with Gasteiger partial charge < -0.3 is 4.98 Å². The Labute approximate surface area is 127 Å². The Hall–Kier alpha value is -1.99. The molecule has 2 aromatic heterocycles. The summed E-state index contributed by atoms with van der Waals surface area (Å²) in [4.78, 5) is 7.78. The number of aromatic nitrogens is 3. The first-order valence-corrected chi connectivity index (χ1v) is 8.54. The van der Waals surface area contributed by atoms with Gasteiger partial charge in [-0.25, -0.2) is 13.4 Å². The van der Waals surface area contributed by atoms with Crippen molar-refractivity contribution in [2.24, 2.45) is 0 Å². The van der Waals surface area contributed by atoms with Crippen LogP contribution in [0, 0.1) is 11.7 Å². The fourth-order valence-corrected chi connectivity index (χ4v) is 3.11. The highest BCUT2D eigenvalue weighted by atomic mass is 32.2. The number of rotatable bonds is 2. The molecule has 0 aliphatic heterocycles. The predicted molar refractivity (Wildman–Crippen MR) is 84.1 cm³/mol. The Morgan fingerprint density at radius 2 is 1.90 bits per heavy atom. The van der Waals surface area contributed by atoms with Crippen LogP contribution in [0.15, 0.2) is 41.4 Å². The van der Waals surface area contributed by atoms with Crippen LogP contribution in [0.25, 0.3) is 16.9 Å². The smallest absolute Gasteiger partial charge is 0.183 e. The van der Waals surface area contributed by atoms with E-state index in [9.17, 15) is 8.42 Å². The van der Waals surface area contributed by atoms with Gasteiger partial charge in [-0.3, -0.25) is 4.57 Å². The molecule has 0 radical (unpaired) electrons. The van der Waals surface area contributed by atoms with E-state index < -0.39 is 9.84 Å². The molecule has 0 unspecified atom stereocenters. The molecule has 0 aliphatic carbocycles. The number of pyridine rings is 1. The molecule has 0 bridgehead atoms. The molecule has 5 nitrogen and oxygen atoms in total. The second kappa shape index (κ2) is 4.78. The molecule has 1 aromatic carbocycles. The molecule has 1 N–H and O–H groups in total. The molecule has 7 heteroatoms. The van der Waals surface area contributed by atoms with Crippen molar-refractivity contribution in [2.45, 2.75) is 11.8 Å². The monoisotopic (exact) mass is 319 g/mol. The predicted octanol–water partition coefficient (Wildman–Crippen LogP) is 2.80. The molecule has 3 rings (SSSR count). The van der Waals surface area contributed by atoms with Gasteiger partial charge in [0.2, 0.25) is 0 Å². The number of nitrogens with one attached hydrogen (secondary N) is 1. The van der Waals surface area contributed by atoms with Crippen LogP contribution in [0.2, 0.25) is 0 Å². The highest BCUT2D eigenvalue weighted by molar-refractivity contribution is 7.90. The molecule has 2 heterocycles. The van der Waals surface area contributed by atoms with Crippen LogP contribution < -0.4 is 0 Å². The summed E-state index contributed by atoms with van der Waals surface area (Å²) in [5.41, 5.74) is 3.39. The standard InChI is InChI=1S/C14H13N3O2S2/c1-9-7-12-13(15-8-9)17(14(20)16-12)10-3-5-11(6-4-10)21(2,18)19/h3-8H,1-2H3,(H,16,20). The Morgan fingerprint density at radius 3 is 2.52 bits per heavy atom. The Bertz CT molecular complexity index is 983. The summed E-state index contributed by atoms with van der Waals surface area (Å²) in [5.74, 6) is 0. The van der Waals surface area contributed by atoms with Gasteiger partial charge >= 0.3 is 0 Å². The third-order valence-electron chi connectivity index (χ3n) is 3.18. The molecule has 21 heavy (non-hydrogen) atoms. The molecular formula is C14H13N3O2S2. The average Bonchev–Trinajstić information content (AvgIpc) is 2.73. The number of sulfone groups is 1. The van der Waals surface area contributed by atoms with Gasteiger partial charge in [0.15, 0.2) is 20.3 Å². The van der Waals surface area contributed by atoms with E-state index in [-0.39, 0.29) is 4.90 Å². The third-order valence-corrected chi connectivity index (χ3v) is 4.60. The van der Waals surface area contributed by atoms with Crippen LogP contribution in [0.4, 0.5) is 0 Å². The molecule has 0 saturated heterocycles. The van der Waals surface area contributed by atoms with Crippen molar-refractivity contribution in [1.29, 1.82) is 0 Å². The van der Waals surface area contributed by atoms with Crippen molar-refractivity contribution in [2.75, 3.05) is 6.26 Å². The maximum Gasteiger partial charge on any atom is 0.183 e. The van der Waals surface area contributed by atoms with Gasteiger partial charge in [0.05, 0.1) is 10.4 Å². The maximum absolute atomic E-state index is 11.5. The van der Waals surface area contributed by atoms with Gasteiger partial charge in [0, 0.05) is 18.1 Å². The normalized spacial score (nSPS) is 11.9. The quantitative estimate of drug-likeness (QED) is 0.738. The van der Waals surface area contributed by atoms with Crippen LogP contribution >= 0.6 is 12.2 Å². The summed E-state index contributed by atoms with van der Waals surface area (Å²) in [6.07, 6.45) is 2.95. The lowest BCUT2D eigenvalue weighted by Gasteiger charge is -2.05. The van der Waals surface area contributed by atoms with Gasteiger partial charge in [0.1, 0.15) is 0 Å². The van der Waals surface area contributed by atoms with Crippen molar-refractivity contribution >= 4 is 33.2 Å². The average molecular weight is 319 g/mol. The van der Waals surface area contributed by atoms with Crippen molar-refractivity contribution in [1.82, 2.24) is 14.5 Å². The fourth-order valence-electron chi connectivity index (χ4n) is 2.18. The zero-order valence-corrected chi connectivity index (χ0v) is 13.1. The van der Waals surface area contributed by atoms with Crippen LogP contribution in [0.5, 0.6) is 0 Å². The summed E-state index contributed by atoms with van der Waals surface area (Å²) < 4.78 is 25.3. The lowest BCUT2D eigenvalue weighted by Crippen LogP contribution is -1.99. The summed E-state index contributed by atoms with van der Waals surface area (Å²) >= 11 is 5.33. The van der Waals surface area contributed by atoms with E-state index in [1.54, 1.807) is 35.0 Å². The summed E-state index contributed by atoms with van der Waals surface area (Å²) in [6.45, 7) is 1.96. The van der Waals surface area contributed by atoms with Crippen molar-refractivity contribution < 1.29 is 8.42 Å². The van der Waals surface area contributed by atoms with Gasteiger partial charge in [-0.1, -0.05) is 0 Å². The lowest BCUT2D eigenvalue weighted by molar-refractivity contribution is 0.602. The number of hydrogen-bond acceptors (Lipinski definition) is 4. The van der Waals surface area contributed by atoms with Gasteiger partial charge in [-0.05, 0) is 55.0 Å². The van der Waals surface area contributed by atoms with Crippen LogP contribution in [-0.2, 0) is 9.84 Å². The van der Waals surface area contributed by atoms with Crippen LogP contribution in [-0.4, -0.2) is 29.2 Å². The topological polar surface area (TPSA) is 67.8 Å². The first-order valence-electron chi connectivity index (χ1n) is 6.24. The van der Waals surface area contributed by atoms with Crippen LogP contribution in [0.1, 0.15) is 5.56 Å². The number of fused-ring (bicyclic) bond motifs is 1. The first-order chi connectivity index (χ1) is 9.86. The third kappa shape index (κ3) is 2.50. The van der Waals surface area contributed by atoms with E-state index in [1.807, 2.05) is 13.0 Å². The number of nitrogens with zero attached hydrogens (tertiary/aromatic N) is 2. The number of H-pyrrole nitrogens is 1. The molecule has 0 atom stereocenters. The lowest BCUT2D eigenvalue weighted by atomic mass is 10.3. The molecule has 0 spiro atoms. The highest BCUT2D eigenvalue weighted by Gasteiger charge is 2.10. The molecule has 0 fully saturated rings. The van der Waals surface area contributed by atoms with Crippen molar-refractivity contribution in [3.05, 3.63) is 46.9 Å². The fraction of sp³-hybridized carbons (Fsp3) is 0.143. The van der Waals surface area contributed by atoms with Crippen molar-refractivity contribution in [3.63, 3.8) is 0 Å². The number of benzene rings is 1. The van der Waals surface area contributed by atoms with Gasteiger partial charge in [0.25, 0.3) is 0 Å². The van der Waals surface area contributed by atoms with Crippen molar-refractivity contribution in [3.8, 4) is 5.69 Å². The highest BCUT2D eigenvalue weighted by Crippen LogP contribution is 2.20. The molecule has 0 saturated carbocycles. The second-order valence-corrected chi connectivity index (χ2v) is 7.32. The summed E-state index contributed by atoms with van der Waals surface area (Å²) in [6, 6.07) is 8.56. The molecule has 3 aromatic rings. The zero-order chi connectivity index (χ0) is 15.2. The summed E-state index contributed by atoms with van der Waals surface area (Å²) in [5, 5.41) is 0. The van der Waals surface area contributed by atoms with E-state index in [0.29, 0.717) is 4.77 Å². The van der Waals surface area contributed by atoms with E-state index in [4.69, 9.17) is 12.2 Å². The van der Waals surface area contributed by atoms with E-state index >= 15 is 0 Å². The zero-order valence-electron chi connectivity index (χ0n) is 11.5. The number of aromatic amines is 1. The Morgan fingerprint density at radius 1 is 1.24 bits per heavy atom. The number of aryl methyl sites for hydroxylation is 1. The number of hydrogen-bond donors (Lipinski definition) is 1. The maximum atomic E-state index is 11.5. The second-order valence-electron chi connectivity index (χ2n) is 4.92. The Balaban J connectivity index is 2.21. The minimum atomic E-state index is -3.21. The molecular weight excluding hydrogens is 306 g/mol. The number of imidazole rings is 1. The van der Waals surface area contributed by atoms with E-state index in [0.717, 1.165) is 22.4 Å². The Kier molecular flexibility index (Phi) is 3.18. The minimum Gasteiger partial charge on any atom is -0.329 e. The van der Waals surface area contributed by atoms with Gasteiger partial charge in [-0.2, -0.15) is 0 Å². The van der Waals surface area contributed by atoms with Crippen LogP contribution in [0.3, 0.4) is 0 Å².